The maximum Gasteiger partial charge on any atom is 0.247 e. The lowest BCUT2D eigenvalue weighted by molar-refractivity contribution is 0.285. The minimum Gasteiger partial charge on any atom is -0.472 e. The highest BCUT2D eigenvalue weighted by Crippen LogP contribution is 2.35. The third-order valence-corrected chi connectivity index (χ3v) is 3.13. The molecule has 0 unspecified atom stereocenters. The summed E-state index contributed by atoms with van der Waals surface area (Å²) in [5, 5.41) is 3.92. The Hall–Kier alpha value is -1.62. The summed E-state index contributed by atoms with van der Waals surface area (Å²) in [6.45, 7) is 0. The molecule has 1 aliphatic rings. The van der Waals surface area contributed by atoms with E-state index in [0.717, 1.165) is 31.2 Å². The van der Waals surface area contributed by atoms with Crippen molar-refractivity contribution in [3.8, 4) is 11.4 Å². The number of aromatic nitrogens is 2. The molecule has 1 fully saturated rings. The van der Waals surface area contributed by atoms with E-state index in [4.69, 9.17) is 14.7 Å². The van der Waals surface area contributed by atoms with Crippen LogP contribution in [0.2, 0.25) is 0 Å². The molecule has 0 spiro atoms. The Morgan fingerprint density at radius 3 is 2.81 bits per heavy atom. The lowest BCUT2D eigenvalue weighted by Gasteiger charge is -2.17. The molecule has 0 amide bonds. The Morgan fingerprint density at radius 2 is 2.12 bits per heavy atom. The van der Waals surface area contributed by atoms with Crippen LogP contribution in [0.3, 0.4) is 0 Å². The first kappa shape index (κ1) is 9.59. The molecule has 2 heterocycles. The highest BCUT2D eigenvalue weighted by molar-refractivity contribution is 5.51. The summed E-state index contributed by atoms with van der Waals surface area (Å²) < 4.78 is 10.2. The van der Waals surface area contributed by atoms with Gasteiger partial charge in [-0.05, 0) is 18.9 Å². The second kappa shape index (κ2) is 3.45. The largest absolute Gasteiger partial charge is 0.472 e. The van der Waals surface area contributed by atoms with Gasteiger partial charge in [-0.25, -0.2) is 0 Å². The van der Waals surface area contributed by atoms with Crippen molar-refractivity contribution >= 4 is 0 Å². The lowest BCUT2D eigenvalue weighted by Crippen LogP contribution is -2.33. The van der Waals surface area contributed by atoms with Gasteiger partial charge in [0.2, 0.25) is 11.7 Å². The first-order valence-electron chi connectivity index (χ1n) is 5.44. The van der Waals surface area contributed by atoms with E-state index in [1.165, 1.54) is 0 Å². The van der Waals surface area contributed by atoms with Gasteiger partial charge in [-0.3, -0.25) is 0 Å². The average molecular weight is 219 g/mol. The van der Waals surface area contributed by atoms with E-state index in [9.17, 15) is 0 Å². The molecule has 0 saturated heterocycles. The zero-order valence-electron chi connectivity index (χ0n) is 8.85. The van der Waals surface area contributed by atoms with Crippen molar-refractivity contribution in [1.29, 1.82) is 0 Å². The standard InChI is InChI=1S/C11H13N3O2/c12-11(4-1-2-5-11)10-13-9(14-16-10)8-3-6-15-7-8/h3,6-7H,1-2,4-5,12H2. The molecule has 0 aromatic carbocycles. The zero-order chi connectivity index (χ0) is 11.0. The first-order valence-corrected chi connectivity index (χ1v) is 5.44. The van der Waals surface area contributed by atoms with Crippen molar-refractivity contribution in [2.24, 2.45) is 5.73 Å². The van der Waals surface area contributed by atoms with Gasteiger partial charge in [0.25, 0.3) is 0 Å². The third kappa shape index (κ3) is 1.44. The molecular weight excluding hydrogens is 206 g/mol. The number of hydrogen-bond acceptors (Lipinski definition) is 5. The summed E-state index contributed by atoms with van der Waals surface area (Å²) in [4.78, 5) is 4.34. The fraction of sp³-hybridized carbons (Fsp3) is 0.455. The molecule has 0 radical (unpaired) electrons. The summed E-state index contributed by atoms with van der Waals surface area (Å²) in [6.07, 6.45) is 7.26. The summed E-state index contributed by atoms with van der Waals surface area (Å²) in [7, 11) is 0. The van der Waals surface area contributed by atoms with Crippen molar-refractivity contribution in [3.63, 3.8) is 0 Å². The number of rotatable bonds is 2. The van der Waals surface area contributed by atoms with Crippen LogP contribution in [0.15, 0.2) is 27.5 Å². The SMILES string of the molecule is NC1(c2nc(-c3ccoc3)no2)CCCC1. The lowest BCUT2D eigenvalue weighted by atomic mass is 9.99. The number of nitrogens with zero attached hydrogens (tertiary/aromatic N) is 2. The van der Waals surface area contributed by atoms with Gasteiger partial charge < -0.3 is 14.7 Å². The van der Waals surface area contributed by atoms with Crippen LogP contribution in [-0.4, -0.2) is 10.1 Å². The summed E-state index contributed by atoms with van der Waals surface area (Å²) in [5.74, 6) is 1.08. The van der Waals surface area contributed by atoms with Crippen LogP contribution in [0, 0.1) is 0 Å². The summed E-state index contributed by atoms with van der Waals surface area (Å²) >= 11 is 0. The Balaban J connectivity index is 1.93. The van der Waals surface area contributed by atoms with E-state index in [0.29, 0.717) is 11.7 Å². The minimum atomic E-state index is -0.422. The fourth-order valence-corrected chi connectivity index (χ4v) is 2.15. The fourth-order valence-electron chi connectivity index (χ4n) is 2.15. The Bertz CT molecular complexity index is 469. The van der Waals surface area contributed by atoms with E-state index < -0.39 is 5.54 Å². The highest BCUT2D eigenvalue weighted by Gasteiger charge is 2.36. The molecule has 1 saturated carbocycles. The molecule has 5 heteroatoms. The van der Waals surface area contributed by atoms with E-state index in [-0.39, 0.29) is 0 Å². The first-order chi connectivity index (χ1) is 7.78. The maximum atomic E-state index is 6.23. The molecule has 5 nitrogen and oxygen atoms in total. The van der Waals surface area contributed by atoms with Crippen LogP contribution in [0.4, 0.5) is 0 Å². The van der Waals surface area contributed by atoms with Crippen molar-refractivity contribution in [3.05, 3.63) is 24.5 Å². The molecule has 2 aromatic heterocycles. The van der Waals surface area contributed by atoms with Crippen LogP contribution in [-0.2, 0) is 5.54 Å². The monoisotopic (exact) mass is 219 g/mol. The van der Waals surface area contributed by atoms with E-state index >= 15 is 0 Å². The molecular formula is C11H13N3O2. The zero-order valence-corrected chi connectivity index (χ0v) is 8.85. The molecule has 1 aliphatic carbocycles. The van der Waals surface area contributed by atoms with Crippen LogP contribution in [0.25, 0.3) is 11.4 Å². The molecule has 0 aliphatic heterocycles. The van der Waals surface area contributed by atoms with Crippen LogP contribution in [0.5, 0.6) is 0 Å². The van der Waals surface area contributed by atoms with Crippen LogP contribution in [0.1, 0.15) is 31.6 Å². The topological polar surface area (TPSA) is 78.1 Å². The van der Waals surface area contributed by atoms with Gasteiger partial charge >= 0.3 is 0 Å². The Morgan fingerprint density at radius 1 is 1.31 bits per heavy atom. The second-order valence-corrected chi connectivity index (χ2v) is 4.30. The normalized spacial score (nSPS) is 19.1. The van der Waals surface area contributed by atoms with Gasteiger partial charge in [-0.2, -0.15) is 4.98 Å². The predicted octanol–water partition coefficient (Wildman–Crippen LogP) is 2.06. The Labute approximate surface area is 92.6 Å². The molecule has 84 valence electrons. The number of nitrogens with two attached hydrogens (primary N) is 1. The average Bonchev–Trinajstić information content (AvgIpc) is 2.98. The van der Waals surface area contributed by atoms with E-state index in [1.807, 2.05) is 0 Å². The van der Waals surface area contributed by atoms with Crippen LogP contribution >= 0.6 is 0 Å². The molecule has 3 rings (SSSR count). The van der Waals surface area contributed by atoms with Crippen LogP contribution < -0.4 is 5.73 Å². The summed E-state index contributed by atoms with van der Waals surface area (Å²) in [5.41, 5.74) is 6.62. The van der Waals surface area contributed by atoms with Gasteiger partial charge in [0.1, 0.15) is 6.26 Å². The third-order valence-electron chi connectivity index (χ3n) is 3.13. The van der Waals surface area contributed by atoms with Gasteiger partial charge in [0.05, 0.1) is 17.4 Å². The quantitative estimate of drug-likeness (QED) is 0.836. The van der Waals surface area contributed by atoms with Crippen molar-refractivity contribution < 1.29 is 8.94 Å². The Kier molecular flexibility index (Phi) is 2.07. The molecule has 2 aromatic rings. The van der Waals surface area contributed by atoms with Gasteiger partial charge in [0.15, 0.2) is 0 Å². The van der Waals surface area contributed by atoms with Crippen molar-refractivity contribution in [2.45, 2.75) is 31.2 Å². The van der Waals surface area contributed by atoms with Gasteiger partial charge in [-0.1, -0.05) is 18.0 Å². The van der Waals surface area contributed by atoms with E-state index in [2.05, 4.69) is 10.1 Å². The predicted molar refractivity (Wildman–Crippen MR) is 56.3 cm³/mol. The molecule has 16 heavy (non-hydrogen) atoms. The van der Waals surface area contributed by atoms with Gasteiger partial charge in [0, 0.05) is 0 Å². The van der Waals surface area contributed by atoms with Gasteiger partial charge in [-0.15, -0.1) is 0 Å². The molecule has 0 atom stereocenters. The number of hydrogen-bond donors (Lipinski definition) is 1. The second-order valence-electron chi connectivity index (χ2n) is 4.30. The maximum absolute atomic E-state index is 6.23. The molecule has 2 N–H and O–H groups in total. The molecule has 0 bridgehead atoms. The van der Waals surface area contributed by atoms with Crippen molar-refractivity contribution in [1.82, 2.24) is 10.1 Å². The van der Waals surface area contributed by atoms with Crippen molar-refractivity contribution in [2.75, 3.05) is 0 Å². The summed E-state index contributed by atoms with van der Waals surface area (Å²) in [6, 6.07) is 1.80. The highest BCUT2D eigenvalue weighted by atomic mass is 16.5. The smallest absolute Gasteiger partial charge is 0.247 e. The minimum absolute atomic E-state index is 0.422. The van der Waals surface area contributed by atoms with E-state index in [1.54, 1.807) is 18.6 Å². The number of furan rings is 1.